The van der Waals surface area contributed by atoms with Gasteiger partial charge in [-0.25, -0.2) is 9.59 Å². The van der Waals surface area contributed by atoms with E-state index >= 15 is 0 Å². The lowest BCUT2D eigenvalue weighted by molar-refractivity contribution is -0.148. The summed E-state index contributed by atoms with van der Waals surface area (Å²) in [4.78, 5) is 47.3. The van der Waals surface area contributed by atoms with Crippen LogP contribution in [0.1, 0.15) is 6.42 Å². The molecular formula is C12H15N3O6. The fourth-order valence-corrected chi connectivity index (χ4v) is 2.30. The highest BCUT2D eigenvalue weighted by Crippen LogP contribution is 2.18. The minimum atomic E-state index is -1.20. The molecule has 1 fully saturated rings. The Bertz CT molecular complexity index is 691. The third-order valence-corrected chi connectivity index (χ3v) is 3.45. The first kappa shape index (κ1) is 15.0. The molecule has 2 heterocycles. The summed E-state index contributed by atoms with van der Waals surface area (Å²) in [6.07, 6.45) is 0.251. The molecule has 1 aliphatic rings. The molecule has 2 rings (SSSR count). The number of amides is 1. The first-order valence-corrected chi connectivity index (χ1v) is 6.28. The predicted molar refractivity (Wildman–Crippen MR) is 69.7 cm³/mol. The van der Waals surface area contributed by atoms with E-state index in [1.54, 1.807) is 0 Å². The number of carbonyl (C=O) groups is 2. The average Bonchev–Trinajstić information content (AvgIpc) is 2.82. The molecule has 21 heavy (non-hydrogen) atoms. The van der Waals surface area contributed by atoms with Crippen molar-refractivity contribution in [3.63, 3.8) is 0 Å². The molecule has 0 aromatic carbocycles. The molecule has 0 spiro atoms. The summed E-state index contributed by atoms with van der Waals surface area (Å²) in [7, 11) is 1.28. The van der Waals surface area contributed by atoms with Gasteiger partial charge in [0.1, 0.15) is 12.6 Å². The number of aliphatic carboxylic acids is 1. The van der Waals surface area contributed by atoms with Gasteiger partial charge >= 0.3 is 11.7 Å². The van der Waals surface area contributed by atoms with Crippen molar-refractivity contribution in [2.45, 2.75) is 25.1 Å². The lowest BCUT2D eigenvalue weighted by atomic mass is 10.2. The van der Waals surface area contributed by atoms with Gasteiger partial charge < -0.3 is 15.1 Å². The highest BCUT2D eigenvalue weighted by Gasteiger charge is 2.38. The number of carboxylic acids is 1. The third kappa shape index (κ3) is 2.87. The number of carbonyl (C=O) groups excluding carboxylic acids is 1. The first-order chi connectivity index (χ1) is 9.81. The number of nitrogens with zero attached hydrogens (tertiary/aromatic N) is 3. The maximum absolute atomic E-state index is 12.1. The molecular weight excluding hydrogens is 282 g/mol. The number of aliphatic hydroxyl groups excluding tert-OH is 1. The van der Waals surface area contributed by atoms with E-state index in [0.29, 0.717) is 0 Å². The summed E-state index contributed by atoms with van der Waals surface area (Å²) in [5.41, 5.74) is -1.16. The maximum Gasteiger partial charge on any atom is 0.331 e. The third-order valence-electron chi connectivity index (χ3n) is 3.45. The van der Waals surface area contributed by atoms with E-state index in [4.69, 9.17) is 5.11 Å². The summed E-state index contributed by atoms with van der Waals surface area (Å²) in [6, 6.07) is 0.0399. The predicted octanol–water partition coefficient (Wildman–Crippen LogP) is -2.41. The molecule has 0 radical (unpaired) electrons. The van der Waals surface area contributed by atoms with Crippen LogP contribution < -0.4 is 11.2 Å². The van der Waals surface area contributed by atoms with E-state index in [1.165, 1.54) is 13.2 Å². The molecule has 2 atom stereocenters. The highest BCUT2D eigenvalue weighted by molar-refractivity contribution is 5.84. The quantitative estimate of drug-likeness (QED) is 0.641. The molecule has 114 valence electrons. The molecule has 9 heteroatoms. The number of likely N-dealkylation sites (tertiary alicyclic amines) is 1. The molecule has 9 nitrogen and oxygen atoms in total. The van der Waals surface area contributed by atoms with E-state index < -0.39 is 35.3 Å². The molecule has 2 N–H and O–H groups in total. The second kappa shape index (κ2) is 5.52. The Labute approximate surface area is 118 Å². The second-order valence-corrected chi connectivity index (χ2v) is 4.91. The second-order valence-electron chi connectivity index (χ2n) is 4.91. The number of carboxylic acid groups (broad SMARTS) is 1. The van der Waals surface area contributed by atoms with Crippen molar-refractivity contribution in [1.29, 1.82) is 0 Å². The monoisotopic (exact) mass is 297 g/mol. The van der Waals surface area contributed by atoms with Crippen molar-refractivity contribution in [2.24, 2.45) is 7.05 Å². The van der Waals surface area contributed by atoms with E-state index in [1.807, 2.05) is 0 Å². The molecule has 1 aliphatic heterocycles. The summed E-state index contributed by atoms with van der Waals surface area (Å²) >= 11 is 0. The number of aromatic nitrogens is 2. The van der Waals surface area contributed by atoms with Gasteiger partial charge in [-0.2, -0.15) is 0 Å². The molecule has 1 amide bonds. The van der Waals surface area contributed by atoms with E-state index in [2.05, 4.69) is 0 Å². The number of hydrogen-bond donors (Lipinski definition) is 2. The van der Waals surface area contributed by atoms with Crippen LogP contribution in [0.25, 0.3) is 0 Å². The van der Waals surface area contributed by atoms with Gasteiger partial charge in [0.15, 0.2) is 0 Å². The summed E-state index contributed by atoms with van der Waals surface area (Å²) in [5, 5.41) is 18.5. The minimum absolute atomic E-state index is 0.0384. The smallest absolute Gasteiger partial charge is 0.331 e. The number of hydrogen-bond acceptors (Lipinski definition) is 5. The summed E-state index contributed by atoms with van der Waals surface area (Å²) < 4.78 is 1.87. The number of β-amino-alcohol motifs (C(OH)–C–C–N with tert-alkyl or cyclic N) is 1. The molecule has 0 aliphatic carbocycles. The zero-order valence-corrected chi connectivity index (χ0v) is 11.3. The van der Waals surface area contributed by atoms with E-state index in [0.717, 1.165) is 20.1 Å². The van der Waals surface area contributed by atoms with Crippen molar-refractivity contribution < 1.29 is 19.8 Å². The number of rotatable bonds is 3. The van der Waals surface area contributed by atoms with Gasteiger partial charge in [0.2, 0.25) is 5.91 Å². The van der Waals surface area contributed by atoms with Gasteiger partial charge in [-0.05, 0) is 0 Å². The van der Waals surface area contributed by atoms with Crippen LogP contribution in [0.5, 0.6) is 0 Å². The molecule has 1 aromatic rings. The Balaban J connectivity index is 2.22. The zero-order valence-electron chi connectivity index (χ0n) is 11.3. The van der Waals surface area contributed by atoms with E-state index in [-0.39, 0.29) is 19.5 Å². The molecule has 1 saturated heterocycles. The molecule has 0 bridgehead atoms. The van der Waals surface area contributed by atoms with E-state index in [9.17, 15) is 24.3 Å². The SMILES string of the molecule is Cn1c(=O)ccn(CC(=O)N2C[C@H](O)C[C@@H]2C(=O)O)c1=O. The van der Waals surface area contributed by atoms with Gasteiger partial charge in [-0.15, -0.1) is 0 Å². The fourth-order valence-electron chi connectivity index (χ4n) is 2.30. The lowest BCUT2D eigenvalue weighted by Gasteiger charge is -2.21. The first-order valence-electron chi connectivity index (χ1n) is 6.28. The van der Waals surface area contributed by atoms with Gasteiger partial charge in [-0.3, -0.25) is 18.7 Å². The Morgan fingerprint density at radius 3 is 2.67 bits per heavy atom. The van der Waals surface area contributed by atoms with Crippen molar-refractivity contribution in [1.82, 2.24) is 14.0 Å². The van der Waals surface area contributed by atoms with Crippen LogP contribution in [0.4, 0.5) is 0 Å². The van der Waals surface area contributed by atoms with Crippen molar-refractivity contribution in [3.05, 3.63) is 33.1 Å². The van der Waals surface area contributed by atoms with Crippen LogP contribution in [-0.4, -0.2) is 54.8 Å². The number of aliphatic hydroxyl groups is 1. The van der Waals surface area contributed by atoms with Crippen molar-refractivity contribution in [2.75, 3.05) is 6.54 Å². The van der Waals surface area contributed by atoms with Gasteiger partial charge in [0.25, 0.3) is 5.56 Å². The summed E-state index contributed by atoms with van der Waals surface area (Å²) in [6.45, 7) is -0.472. The Morgan fingerprint density at radius 2 is 2.05 bits per heavy atom. The zero-order chi connectivity index (χ0) is 15.7. The lowest BCUT2D eigenvalue weighted by Crippen LogP contribution is -2.45. The Hall–Kier alpha value is -2.42. The molecule has 0 saturated carbocycles. The minimum Gasteiger partial charge on any atom is -0.480 e. The van der Waals surface area contributed by atoms with Gasteiger partial charge in [0.05, 0.1) is 6.10 Å². The standard InChI is InChI=1S/C12H15N3O6/c1-13-9(17)2-3-14(12(13)21)6-10(18)15-5-7(16)4-8(15)11(19)20/h2-3,7-8,16H,4-6H2,1H3,(H,19,20)/t7-,8-/m1/s1. The maximum atomic E-state index is 12.1. The molecule has 0 unspecified atom stereocenters. The largest absolute Gasteiger partial charge is 0.480 e. The highest BCUT2D eigenvalue weighted by atomic mass is 16.4. The van der Waals surface area contributed by atoms with Crippen LogP contribution in [0.15, 0.2) is 21.9 Å². The van der Waals surface area contributed by atoms with Crippen LogP contribution in [0.2, 0.25) is 0 Å². The van der Waals surface area contributed by atoms with Gasteiger partial charge in [-0.1, -0.05) is 0 Å². The average molecular weight is 297 g/mol. The topological polar surface area (TPSA) is 122 Å². The van der Waals surface area contributed by atoms with Crippen LogP contribution in [0.3, 0.4) is 0 Å². The van der Waals surface area contributed by atoms with Crippen LogP contribution >= 0.6 is 0 Å². The van der Waals surface area contributed by atoms with Crippen molar-refractivity contribution >= 4 is 11.9 Å². The van der Waals surface area contributed by atoms with Crippen LogP contribution in [-0.2, 0) is 23.2 Å². The normalized spacial score (nSPS) is 21.5. The van der Waals surface area contributed by atoms with Gasteiger partial charge in [0, 0.05) is 32.3 Å². The van der Waals surface area contributed by atoms with Crippen LogP contribution in [0, 0.1) is 0 Å². The Morgan fingerprint density at radius 1 is 1.38 bits per heavy atom. The van der Waals surface area contributed by atoms with Crippen molar-refractivity contribution in [3.8, 4) is 0 Å². The Kier molecular flexibility index (Phi) is 3.94. The molecule has 1 aromatic heterocycles. The fraction of sp³-hybridized carbons (Fsp3) is 0.500. The summed E-state index contributed by atoms with van der Waals surface area (Å²) in [5.74, 6) is -1.80.